The number of aryl methyl sites for hydroxylation is 1. The Morgan fingerprint density at radius 2 is 1.88 bits per heavy atom. The van der Waals surface area contributed by atoms with Crippen molar-refractivity contribution in [2.75, 3.05) is 13.1 Å². The lowest BCUT2D eigenvalue weighted by Crippen LogP contribution is -2.41. The van der Waals surface area contributed by atoms with Gasteiger partial charge < -0.3 is 9.88 Å². The van der Waals surface area contributed by atoms with Crippen LogP contribution in [-0.2, 0) is 0 Å². The van der Waals surface area contributed by atoms with Crippen LogP contribution < -0.4 is 5.56 Å². The molecule has 26 heavy (non-hydrogen) atoms. The number of pyridine rings is 1. The zero-order valence-electron chi connectivity index (χ0n) is 14.9. The van der Waals surface area contributed by atoms with Crippen LogP contribution in [0.4, 0.5) is 0 Å². The molecule has 1 atom stereocenters. The Labute approximate surface area is 152 Å². The fraction of sp³-hybridized carbons (Fsp3) is 0.273. The van der Waals surface area contributed by atoms with Crippen LogP contribution in [0.1, 0.15) is 40.2 Å². The van der Waals surface area contributed by atoms with Crippen molar-refractivity contribution >= 4 is 16.8 Å². The predicted molar refractivity (Wildman–Crippen MR) is 104 cm³/mol. The van der Waals surface area contributed by atoms with Gasteiger partial charge in [0.1, 0.15) is 5.56 Å². The second-order valence-electron chi connectivity index (χ2n) is 7.05. The summed E-state index contributed by atoms with van der Waals surface area (Å²) in [4.78, 5) is 30.1. The van der Waals surface area contributed by atoms with E-state index >= 15 is 0 Å². The minimum Gasteiger partial charge on any atom is -0.338 e. The zero-order chi connectivity index (χ0) is 18.1. The van der Waals surface area contributed by atoms with E-state index in [2.05, 4.69) is 30.1 Å². The van der Waals surface area contributed by atoms with Crippen LogP contribution in [0.2, 0.25) is 0 Å². The maximum Gasteiger partial charge on any atom is 0.261 e. The lowest BCUT2D eigenvalue weighted by molar-refractivity contribution is 0.0705. The summed E-state index contributed by atoms with van der Waals surface area (Å²) in [6.07, 6.45) is 2.03. The summed E-state index contributed by atoms with van der Waals surface area (Å²) in [5.74, 6) is 0.156. The average molecular weight is 346 g/mol. The number of fused-ring (bicyclic) bond motifs is 1. The monoisotopic (exact) mass is 346 g/mol. The van der Waals surface area contributed by atoms with Gasteiger partial charge in [-0.25, -0.2) is 0 Å². The standard InChI is InChI=1S/C22H22N2O2/c1-15-7-2-4-10-18(15)17-9-6-12-24(14-17)22(26)19-13-16-8-3-5-11-20(16)23-21(19)25/h2-5,7-8,10-11,13,17H,6,9,12,14H2,1H3,(H,23,25)/t17-/m1/s1. The number of benzene rings is 2. The smallest absolute Gasteiger partial charge is 0.261 e. The van der Waals surface area contributed by atoms with Crippen LogP contribution in [0.25, 0.3) is 10.9 Å². The number of likely N-dealkylation sites (tertiary alicyclic amines) is 1. The maximum absolute atomic E-state index is 13.0. The Bertz CT molecular complexity index is 1020. The number of carbonyl (C=O) groups is 1. The second-order valence-corrected chi connectivity index (χ2v) is 7.05. The van der Waals surface area contributed by atoms with Crippen molar-refractivity contribution in [1.29, 1.82) is 0 Å². The number of H-pyrrole nitrogens is 1. The average Bonchev–Trinajstić information content (AvgIpc) is 2.67. The van der Waals surface area contributed by atoms with Crippen LogP contribution in [0.15, 0.2) is 59.4 Å². The second kappa shape index (κ2) is 6.79. The van der Waals surface area contributed by atoms with Gasteiger partial charge in [-0.2, -0.15) is 0 Å². The molecule has 0 radical (unpaired) electrons. The number of hydrogen-bond donors (Lipinski definition) is 1. The van der Waals surface area contributed by atoms with Crippen LogP contribution in [0.3, 0.4) is 0 Å². The van der Waals surface area contributed by atoms with Gasteiger partial charge >= 0.3 is 0 Å². The Balaban J connectivity index is 1.63. The van der Waals surface area contributed by atoms with Crippen LogP contribution >= 0.6 is 0 Å². The third-order valence-corrected chi connectivity index (χ3v) is 5.32. The Morgan fingerprint density at radius 3 is 2.73 bits per heavy atom. The quantitative estimate of drug-likeness (QED) is 0.766. The fourth-order valence-electron chi connectivity index (χ4n) is 3.94. The first-order chi connectivity index (χ1) is 12.6. The molecule has 1 N–H and O–H groups in total. The van der Waals surface area contributed by atoms with E-state index in [-0.39, 0.29) is 17.0 Å². The molecule has 4 heteroatoms. The number of amides is 1. The number of aromatic nitrogens is 1. The lowest BCUT2D eigenvalue weighted by Gasteiger charge is -2.33. The Kier molecular flexibility index (Phi) is 4.33. The molecule has 2 heterocycles. The van der Waals surface area contributed by atoms with Gasteiger partial charge in [0.2, 0.25) is 0 Å². The fourth-order valence-corrected chi connectivity index (χ4v) is 3.94. The first-order valence-corrected chi connectivity index (χ1v) is 9.10. The summed E-state index contributed by atoms with van der Waals surface area (Å²) in [6.45, 7) is 3.48. The molecule has 4 nitrogen and oxygen atoms in total. The molecular weight excluding hydrogens is 324 g/mol. The summed E-state index contributed by atoms with van der Waals surface area (Å²) < 4.78 is 0. The van der Waals surface area contributed by atoms with E-state index < -0.39 is 0 Å². The van der Waals surface area contributed by atoms with E-state index in [1.54, 1.807) is 6.07 Å². The summed E-state index contributed by atoms with van der Waals surface area (Å²) in [6, 6.07) is 17.6. The minimum absolute atomic E-state index is 0.171. The highest BCUT2D eigenvalue weighted by Crippen LogP contribution is 2.29. The molecule has 4 rings (SSSR count). The van der Waals surface area contributed by atoms with Crippen molar-refractivity contribution in [1.82, 2.24) is 9.88 Å². The molecule has 3 aromatic rings. The van der Waals surface area contributed by atoms with Gasteiger partial charge in [-0.05, 0) is 48.4 Å². The van der Waals surface area contributed by atoms with E-state index in [0.717, 1.165) is 23.7 Å². The molecule has 132 valence electrons. The normalized spacial score (nSPS) is 17.4. The highest BCUT2D eigenvalue weighted by atomic mass is 16.2. The third-order valence-electron chi connectivity index (χ3n) is 5.32. The molecule has 1 saturated heterocycles. The number of rotatable bonds is 2. The molecule has 0 unspecified atom stereocenters. The molecule has 2 aromatic carbocycles. The molecule has 1 amide bonds. The van der Waals surface area contributed by atoms with E-state index in [9.17, 15) is 9.59 Å². The van der Waals surface area contributed by atoms with Gasteiger partial charge in [0.05, 0.1) is 0 Å². The SMILES string of the molecule is Cc1ccccc1[C@@H]1CCCN(C(=O)c2cc3ccccc3[nH]c2=O)C1. The van der Waals surface area contributed by atoms with Crippen molar-refractivity contribution in [3.05, 3.63) is 81.6 Å². The van der Waals surface area contributed by atoms with E-state index in [1.807, 2.05) is 35.2 Å². The maximum atomic E-state index is 13.0. The van der Waals surface area contributed by atoms with Crippen molar-refractivity contribution in [3.63, 3.8) is 0 Å². The molecular formula is C22H22N2O2. The largest absolute Gasteiger partial charge is 0.338 e. The summed E-state index contributed by atoms with van der Waals surface area (Å²) >= 11 is 0. The van der Waals surface area contributed by atoms with E-state index in [0.29, 0.717) is 19.0 Å². The Hall–Kier alpha value is -2.88. The number of aromatic amines is 1. The summed E-state index contributed by atoms with van der Waals surface area (Å²) in [5.41, 5.74) is 3.24. The number of nitrogens with one attached hydrogen (secondary N) is 1. The van der Waals surface area contributed by atoms with E-state index in [4.69, 9.17) is 0 Å². The summed E-state index contributed by atoms with van der Waals surface area (Å²) in [5, 5.41) is 0.878. The number of piperidine rings is 1. The number of para-hydroxylation sites is 1. The number of hydrogen-bond acceptors (Lipinski definition) is 2. The molecule has 0 spiro atoms. The van der Waals surface area contributed by atoms with Gasteiger partial charge in [0.15, 0.2) is 0 Å². The molecule has 0 bridgehead atoms. The van der Waals surface area contributed by atoms with Crippen molar-refractivity contribution in [3.8, 4) is 0 Å². The zero-order valence-corrected chi connectivity index (χ0v) is 14.9. The summed E-state index contributed by atoms with van der Waals surface area (Å²) in [7, 11) is 0. The molecule has 1 aliphatic rings. The topological polar surface area (TPSA) is 53.2 Å². The van der Waals surface area contributed by atoms with Crippen LogP contribution in [0, 0.1) is 6.92 Å². The molecule has 0 aliphatic carbocycles. The first-order valence-electron chi connectivity index (χ1n) is 9.10. The van der Waals surface area contributed by atoms with Gasteiger partial charge in [0.25, 0.3) is 11.5 Å². The predicted octanol–water partition coefficient (Wildman–Crippen LogP) is 3.86. The highest BCUT2D eigenvalue weighted by molar-refractivity contribution is 5.97. The first kappa shape index (κ1) is 16.6. The van der Waals surface area contributed by atoms with Crippen molar-refractivity contribution < 1.29 is 4.79 Å². The number of carbonyl (C=O) groups excluding carboxylic acids is 1. The highest BCUT2D eigenvalue weighted by Gasteiger charge is 2.27. The molecule has 1 fully saturated rings. The number of nitrogens with zero attached hydrogens (tertiary/aromatic N) is 1. The lowest BCUT2D eigenvalue weighted by atomic mass is 9.88. The van der Waals surface area contributed by atoms with E-state index in [1.165, 1.54) is 11.1 Å². The minimum atomic E-state index is -0.313. The molecule has 1 aromatic heterocycles. The Morgan fingerprint density at radius 1 is 1.12 bits per heavy atom. The molecule has 0 saturated carbocycles. The van der Waals surface area contributed by atoms with Crippen LogP contribution in [-0.4, -0.2) is 28.9 Å². The van der Waals surface area contributed by atoms with Gasteiger partial charge in [-0.15, -0.1) is 0 Å². The van der Waals surface area contributed by atoms with Gasteiger partial charge in [-0.3, -0.25) is 9.59 Å². The van der Waals surface area contributed by atoms with Crippen molar-refractivity contribution in [2.24, 2.45) is 0 Å². The van der Waals surface area contributed by atoms with Gasteiger partial charge in [0, 0.05) is 24.5 Å². The third kappa shape index (κ3) is 3.03. The van der Waals surface area contributed by atoms with Crippen LogP contribution in [0.5, 0.6) is 0 Å². The van der Waals surface area contributed by atoms with Gasteiger partial charge in [-0.1, -0.05) is 42.5 Å². The molecule has 1 aliphatic heterocycles. The van der Waals surface area contributed by atoms with Crippen molar-refractivity contribution in [2.45, 2.75) is 25.7 Å².